The van der Waals surface area contributed by atoms with E-state index >= 15 is 0 Å². The average molecular weight is 573 g/mol. The first-order chi connectivity index (χ1) is 18.4. The van der Waals surface area contributed by atoms with Crippen molar-refractivity contribution in [2.75, 3.05) is 67.8 Å². The fourth-order valence-corrected chi connectivity index (χ4v) is 1.91. The summed E-state index contributed by atoms with van der Waals surface area (Å²) in [4.78, 5) is 0. The SMILES string of the molecule is CCCCOC(C)C.CCCOC(C)C.COCCCOC(C)C.COCCOC(C)C.COCOC(C)C. The summed E-state index contributed by atoms with van der Waals surface area (Å²) in [6.07, 6.45) is 6.30. The fraction of sp³-hybridized carbons (Fsp3) is 1.00. The van der Waals surface area contributed by atoms with E-state index in [1.165, 1.54) is 12.8 Å². The summed E-state index contributed by atoms with van der Waals surface area (Å²) in [5.74, 6) is 0. The van der Waals surface area contributed by atoms with Crippen molar-refractivity contribution in [2.45, 2.75) is 139 Å². The Labute approximate surface area is 245 Å². The molecule has 8 heteroatoms. The third-order valence-corrected chi connectivity index (χ3v) is 3.81. The largest absolute Gasteiger partial charge is 0.385 e. The van der Waals surface area contributed by atoms with Gasteiger partial charge in [0.1, 0.15) is 6.79 Å². The molecule has 0 N–H and O–H groups in total. The van der Waals surface area contributed by atoms with Crippen LogP contribution in [0.3, 0.4) is 0 Å². The first kappa shape index (κ1) is 48.4. The topological polar surface area (TPSA) is 73.8 Å². The lowest BCUT2D eigenvalue weighted by Gasteiger charge is -2.05. The van der Waals surface area contributed by atoms with E-state index in [1.807, 2.05) is 41.5 Å². The van der Waals surface area contributed by atoms with Crippen LogP contribution >= 0.6 is 0 Å². The van der Waals surface area contributed by atoms with Crippen molar-refractivity contribution in [3.8, 4) is 0 Å². The van der Waals surface area contributed by atoms with Gasteiger partial charge in [-0.2, -0.15) is 0 Å². The predicted molar refractivity (Wildman–Crippen MR) is 166 cm³/mol. The maximum atomic E-state index is 5.28. The molecule has 0 saturated carbocycles. The van der Waals surface area contributed by atoms with Crippen molar-refractivity contribution in [2.24, 2.45) is 0 Å². The first-order valence-corrected chi connectivity index (χ1v) is 14.9. The summed E-state index contributed by atoms with van der Waals surface area (Å²) >= 11 is 0. The molecular formula is C31H72O8. The first-order valence-electron chi connectivity index (χ1n) is 14.9. The third-order valence-electron chi connectivity index (χ3n) is 3.81. The smallest absolute Gasteiger partial charge is 0.146 e. The summed E-state index contributed by atoms with van der Waals surface area (Å²) in [6.45, 7) is 29.8. The fourth-order valence-electron chi connectivity index (χ4n) is 1.91. The van der Waals surface area contributed by atoms with Gasteiger partial charge in [-0.15, -0.1) is 0 Å². The summed E-state index contributed by atoms with van der Waals surface area (Å²) in [7, 11) is 4.99. The van der Waals surface area contributed by atoms with Crippen molar-refractivity contribution < 1.29 is 37.9 Å². The van der Waals surface area contributed by atoms with E-state index < -0.39 is 0 Å². The highest BCUT2D eigenvalue weighted by Crippen LogP contribution is 1.92. The van der Waals surface area contributed by atoms with Gasteiger partial charge < -0.3 is 37.9 Å². The van der Waals surface area contributed by atoms with Gasteiger partial charge in [-0.1, -0.05) is 20.3 Å². The van der Waals surface area contributed by atoms with E-state index in [1.54, 1.807) is 21.3 Å². The Hall–Kier alpha value is -0.320. The lowest BCUT2D eigenvalue weighted by molar-refractivity contribution is -0.0587. The van der Waals surface area contributed by atoms with E-state index in [2.05, 4.69) is 46.3 Å². The van der Waals surface area contributed by atoms with Crippen molar-refractivity contribution in [1.82, 2.24) is 0 Å². The van der Waals surface area contributed by atoms with Crippen LogP contribution in [0.4, 0.5) is 0 Å². The zero-order valence-electron chi connectivity index (χ0n) is 28.9. The molecule has 0 heterocycles. The van der Waals surface area contributed by atoms with Gasteiger partial charge >= 0.3 is 0 Å². The van der Waals surface area contributed by atoms with Gasteiger partial charge in [0.05, 0.1) is 43.7 Å². The van der Waals surface area contributed by atoms with Crippen LogP contribution in [-0.2, 0) is 37.9 Å². The van der Waals surface area contributed by atoms with Crippen LogP contribution in [0.1, 0.15) is 109 Å². The molecule has 0 aliphatic rings. The highest BCUT2D eigenvalue weighted by Gasteiger charge is 1.92. The van der Waals surface area contributed by atoms with Gasteiger partial charge in [-0.3, -0.25) is 0 Å². The predicted octanol–water partition coefficient (Wildman–Crippen LogP) is 7.55. The highest BCUT2D eigenvalue weighted by molar-refractivity contribution is 4.38. The maximum absolute atomic E-state index is 5.28. The van der Waals surface area contributed by atoms with Crippen LogP contribution in [0.15, 0.2) is 0 Å². The minimum absolute atomic E-state index is 0.278. The summed E-state index contributed by atoms with van der Waals surface area (Å²) in [6, 6.07) is 0. The molecule has 0 spiro atoms. The van der Waals surface area contributed by atoms with Crippen LogP contribution in [0.25, 0.3) is 0 Å². The molecule has 0 aromatic rings. The molecule has 0 saturated heterocycles. The highest BCUT2D eigenvalue weighted by atomic mass is 16.7. The molecule has 39 heavy (non-hydrogen) atoms. The molecule has 0 radical (unpaired) electrons. The Bertz CT molecular complexity index is 338. The Morgan fingerprint density at radius 2 is 0.744 bits per heavy atom. The Morgan fingerprint density at radius 1 is 0.359 bits per heavy atom. The van der Waals surface area contributed by atoms with E-state index in [0.717, 1.165) is 39.3 Å². The molecular weight excluding hydrogens is 500 g/mol. The van der Waals surface area contributed by atoms with Gasteiger partial charge in [-0.05, 0) is 88.5 Å². The van der Waals surface area contributed by atoms with Gasteiger partial charge in [0.15, 0.2) is 0 Å². The summed E-state index contributed by atoms with van der Waals surface area (Å²) < 4.78 is 40.1. The van der Waals surface area contributed by atoms with Crippen LogP contribution in [0.2, 0.25) is 0 Å². The van der Waals surface area contributed by atoms with Crippen molar-refractivity contribution in [1.29, 1.82) is 0 Å². The minimum Gasteiger partial charge on any atom is -0.385 e. The van der Waals surface area contributed by atoms with Gasteiger partial charge in [0, 0.05) is 47.8 Å². The number of hydrogen-bond donors (Lipinski definition) is 0. The lowest BCUT2D eigenvalue weighted by atomic mass is 10.3. The van der Waals surface area contributed by atoms with Crippen LogP contribution < -0.4 is 0 Å². The van der Waals surface area contributed by atoms with E-state index in [9.17, 15) is 0 Å². The van der Waals surface area contributed by atoms with E-state index in [0.29, 0.717) is 44.4 Å². The monoisotopic (exact) mass is 573 g/mol. The number of rotatable bonds is 19. The van der Waals surface area contributed by atoms with Crippen LogP contribution in [0, 0.1) is 0 Å². The van der Waals surface area contributed by atoms with Gasteiger partial charge in [-0.25, -0.2) is 0 Å². The molecule has 0 fully saturated rings. The maximum Gasteiger partial charge on any atom is 0.146 e. The molecule has 0 aliphatic heterocycles. The van der Waals surface area contributed by atoms with Crippen molar-refractivity contribution in [3.63, 3.8) is 0 Å². The minimum atomic E-state index is 0.278. The summed E-state index contributed by atoms with van der Waals surface area (Å²) in [5, 5.41) is 0. The molecule has 244 valence electrons. The zero-order chi connectivity index (χ0) is 31.3. The number of unbranched alkanes of at least 4 members (excludes halogenated alkanes) is 1. The zero-order valence-corrected chi connectivity index (χ0v) is 28.9. The van der Waals surface area contributed by atoms with Gasteiger partial charge in [0.2, 0.25) is 0 Å². The quantitative estimate of drug-likeness (QED) is 0.116. The van der Waals surface area contributed by atoms with Gasteiger partial charge in [0.25, 0.3) is 0 Å². The number of methoxy groups -OCH3 is 3. The molecule has 0 unspecified atom stereocenters. The van der Waals surface area contributed by atoms with Crippen LogP contribution in [-0.4, -0.2) is 98.3 Å². The summed E-state index contributed by atoms with van der Waals surface area (Å²) in [5.41, 5.74) is 0. The second-order valence-electron chi connectivity index (χ2n) is 9.99. The van der Waals surface area contributed by atoms with Crippen LogP contribution in [0.5, 0.6) is 0 Å². The van der Waals surface area contributed by atoms with E-state index in [-0.39, 0.29) is 6.10 Å². The number of hydrogen-bond acceptors (Lipinski definition) is 8. The Balaban J connectivity index is -0.000000124. The molecule has 0 aromatic carbocycles. The molecule has 0 amide bonds. The van der Waals surface area contributed by atoms with E-state index in [4.69, 9.17) is 33.2 Å². The Morgan fingerprint density at radius 3 is 1.03 bits per heavy atom. The molecule has 0 atom stereocenters. The lowest BCUT2D eigenvalue weighted by Crippen LogP contribution is -2.07. The average Bonchev–Trinajstić information content (AvgIpc) is 2.85. The second-order valence-corrected chi connectivity index (χ2v) is 9.99. The van der Waals surface area contributed by atoms with Crippen molar-refractivity contribution in [3.05, 3.63) is 0 Å². The normalized spacial score (nSPS) is 10.5. The molecule has 0 aliphatic carbocycles. The molecule has 0 aromatic heterocycles. The Kier molecular flexibility index (Phi) is 55.5. The standard InChI is InChI=1S/C7H16O2.C7H16O.C6H14O2.C6H14O.C5H12O2/c1-7(2)9-6-4-5-8-3;1-4-5-6-8-7(2)3;1-6(2)8-5-4-7-3;1-4-5-7-6(2)3;1-5(2)7-4-6-3/h7H,4-6H2,1-3H3;7H,4-6H2,1-3H3;6H,4-5H2,1-3H3;6H,4-5H2,1-3H3;5H,4H2,1-3H3. The second kappa shape index (κ2) is 44.7. The number of ether oxygens (including phenoxy) is 8. The molecule has 0 rings (SSSR count). The third kappa shape index (κ3) is 85.5. The molecule has 0 bridgehead atoms. The molecule has 8 nitrogen and oxygen atoms in total. The van der Waals surface area contributed by atoms with Crippen molar-refractivity contribution >= 4 is 0 Å².